The number of carboxylic acids is 1. The quantitative estimate of drug-likeness (QED) is 0.0833. The second-order valence-corrected chi connectivity index (χ2v) is 13.2. The van der Waals surface area contributed by atoms with Gasteiger partial charge in [-0.2, -0.15) is 10.4 Å². The number of nitriles is 1. The molecule has 0 spiro atoms. The Kier molecular flexibility index (Phi) is 17.2. The van der Waals surface area contributed by atoms with E-state index in [-0.39, 0.29) is 85.1 Å². The Labute approximate surface area is 329 Å². The average Bonchev–Trinajstić information content (AvgIpc) is 3.62. The summed E-state index contributed by atoms with van der Waals surface area (Å²) in [7, 11) is 0. The standard InChI is InChI=1S/C35H36F3N5O8S.Na/c1-22(52-26-17-49-33(50-18-26)7-3-2-5-24-9-8-23(16-39)13-28(24)37)35(19-43-21-41-20-42-43,27-11-10-25(36)14-29(27)38)51-32(46)6-4-12-48-34(47)30(40)15-31(44)45;/h2-3,5,7-11,13-14,20-22,26,30,33H,4,6,12,15,17-19,40H2,1H3,(H,44,45);/q;+1/p-1/b5-2+,7-3+;/t22-,26?,30+,33?,35-;/m1./s1. The molecule has 13 nitrogen and oxygen atoms in total. The number of ether oxygens (including phenoxy) is 4. The molecule has 1 saturated heterocycles. The van der Waals surface area contributed by atoms with Gasteiger partial charge in [0.15, 0.2) is 11.9 Å². The van der Waals surface area contributed by atoms with Crippen LogP contribution in [0.1, 0.15) is 42.9 Å². The van der Waals surface area contributed by atoms with E-state index < -0.39 is 65.0 Å². The summed E-state index contributed by atoms with van der Waals surface area (Å²) in [6.07, 6.45) is 7.19. The Bertz CT molecular complexity index is 1800. The number of hydrogen-bond donors (Lipinski definition) is 1. The van der Waals surface area contributed by atoms with Crippen LogP contribution < -0.4 is 40.4 Å². The Morgan fingerprint density at radius 1 is 1.17 bits per heavy atom. The van der Waals surface area contributed by atoms with Gasteiger partial charge in [0.25, 0.3) is 0 Å². The van der Waals surface area contributed by atoms with Crippen LogP contribution >= 0.6 is 11.8 Å². The molecule has 2 N–H and O–H groups in total. The molecule has 1 fully saturated rings. The first-order valence-corrected chi connectivity index (χ1v) is 16.9. The first-order valence-electron chi connectivity index (χ1n) is 15.9. The molecule has 0 unspecified atom stereocenters. The Hall–Kier alpha value is -4.02. The van der Waals surface area contributed by atoms with Crippen molar-refractivity contribution in [3.05, 3.63) is 101 Å². The van der Waals surface area contributed by atoms with Crippen molar-refractivity contribution in [3.63, 3.8) is 0 Å². The van der Waals surface area contributed by atoms with Gasteiger partial charge in [-0.25, -0.2) is 22.8 Å². The summed E-state index contributed by atoms with van der Waals surface area (Å²) in [5.41, 5.74) is 4.08. The molecule has 0 amide bonds. The third kappa shape index (κ3) is 12.8. The van der Waals surface area contributed by atoms with Crippen molar-refractivity contribution >= 4 is 35.7 Å². The molecular formula is C35H35F3N5NaO8S. The molecule has 1 aliphatic heterocycles. The van der Waals surface area contributed by atoms with Crippen molar-refractivity contribution in [3.8, 4) is 6.07 Å². The molecule has 2 aromatic carbocycles. The Morgan fingerprint density at radius 2 is 1.92 bits per heavy atom. The molecule has 0 saturated carbocycles. The fourth-order valence-corrected chi connectivity index (χ4v) is 6.50. The minimum Gasteiger partial charge on any atom is -0.550 e. The summed E-state index contributed by atoms with van der Waals surface area (Å²) in [6.45, 7) is 1.57. The number of aromatic nitrogens is 3. The van der Waals surface area contributed by atoms with E-state index in [1.54, 1.807) is 25.2 Å². The SMILES string of the molecule is C[C@@H](SC1COC(/C=C/C=C/c2ccc(C#N)cc2F)OC1)[C@@](Cn1cncn1)(OC(=O)CCCOC(=O)[C@@H](N)CC(=O)[O-])c1ccc(F)cc1F.[Na+]. The van der Waals surface area contributed by atoms with E-state index in [2.05, 4.69) is 10.1 Å². The Balaban J connectivity index is 0.00000756. The maximum atomic E-state index is 15.6. The molecule has 0 bridgehead atoms. The molecule has 18 heteroatoms. The summed E-state index contributed by atoms with van der Waals surface area (Å²) in [6, 6.07) is 7.50. The smallest absolute Gasteiger partial charge is 0.550 e. The number of carbonyl (C=O) groups is 3. The first kappa shape index (κ1) is 43.4. The molecule has 0 aliphatic carbocycles. The van der Waals surface area contributed by atoms with Crippen LogP contribution in [0.4, 0.5) is 13.2 Å². The van der Waals surface area contributed by atoms with Crippen molar-refractivity contribution < 1.29 is 81.2 Å². The second-order valence-electron chi connectivity index (χ2n) is 11.6. The second kappa shape index (κ2) is 21.0. The molecule has 3 atom stereocenters. The minimum atomic E-state index is -1.77. The molecule has 1 aliphatic rings. The van der Waals surface area contributed by atoms with E-state index in [9.17, 15) is 28.3 Å². The van der Waals surface area contributed by atoms with Gasteiger partial charge in [-0.3, -0.25) is 9.59 Å². The number of benzene rings is 2. The van der Waals surface area contributed by atoms with Crippen molar-refractivity contribution in [2.45, 2.75) is 61.2 Å². The zero-order valence-corrected chi connectivity index (χ0v) is 31.7. The number of thioether (sulfide) groups is 1. The maximum absolute atomic E-state index is 15.6. The van der Waals surface area contributed by atoms with Crippen LogP contribution in [0.3, 0.4) is 0 Å². The zero-order chi connectivity index (χ0) is 37.7. The number of allylic oxidation sites excluding steroid dienone is 2. The normalized spacial score (nSPS) is 18.0. The van der Waals surface area contributed by atoms with Crippen LogP contribution in [0.2, 0.25) is 0 Å². The molecular weight excluding hydrogens is 730 g/mol. The maximum Gasteiger partial charge on any atom is 1.00 e. The first-order chi connectivity index (χ1) is 24.9. The number of nitrogens with two attached hydrogens (primary N) is 1. The third-order valence-corrected chi connectivity index (χ3v) is 9.18. The minimum absolute atomic E-state index is 0. The summed E-state index contributed by atoms with van der Waals surface area (Å²) in [4.78, 5) is 39.9. The van der Waals surface area contributed by atoms with Gasteiger partial charge in [0.1, 0.15) is 36.1 Å². The molecule has 53 heavy (non-hydrogen) atoms. The number of carboxylic acid groups (broad SMARTS) is 1. The van der Waals surface area contributed by atoms with Crippen molar-refractivity contribution in [2.75, 3.05) is 19.8 Å². The topological polar surface area (TPSA) is 192 Å². The van der Waals surface area contributed by atoms with E-state index in [0.29, 0.717) is 11.6 Å². The van der Waals surface area contributed by atoms with Crippen molar-refractivity contribution in [2.24, 2.45) is 5.73 Å². The molecule has 3 aromatic rings. The Morgan fingerprint density at radius 3 is 2.57 bits per heavy atom. The fraction of sp³-hybridized carbons (Fsp3) is 0.371. The van der Waals surface area contributed by atoms with Gasteiger partial charge in [-0.15, -0.1) is 11.8 Å². The monoisotopic (exact) mass is 765 g/mol. The van der Waals surface area contributed by atoms with E-state index in [1.165, 1.54) is 53.4 Å². The van der Waals surface area contributed by atoms with Gasteiger partial charge in [0.05, 0.1) is 43.2 Å². The van der Waals surface area contributed by atoms with Crippen LogP contribution in [-0.4, -0.2) is 75.3 Å². The number of carbonyl (C=O) groups excluding carboxylic acids is 3. The van der Waals surface area contributed by atoms with E-state index in [4.69, 9.17) is 29.9 Å². The summed E-state index contributed by atoms with van der Waals surface area (Å²) in [5.74, 6) is -5.66. The summed E-state index contributed by atoms with van der Waals surface area (Å²) < 4.78 is 67.9. The average molecular weight is 766 g/mol. The number of aliphatic carboxylic acids is 1. The number of rotatable bonds is 17. The van der Waals surface area contributed by atoms with Crippen molar-refractivity contribution in [1.82, 2.24) is 14.8 Å². The van der Waals surface area contributed by atoms with Gasteiger partial charge in [0.2, 0.25) is 0 Å². The molecule has 2 heterocycles. The van der Waals surface area contributed by atoms with Crippen LogP contribution in [-0.2, 0) is 45.5 Å². The third-order valence-electron chi connectivity index (χ3n) is 7.74. The van der Waals surface area contributed by atoms with Gasteiger partial charge in [0, 0.05) is 41.3 Å². The van der Waals surface area contributed by atoms with E-state index in [1.807, 2.05) is 6.07 Å². The van der Waals surface area contributed by atoms with Crippen LogP contribution in [0, 0.1) is 28.8 Å². The number of esters is 2. The molecule has 0 radical (unpaired) electrons. The summed E-state index contributed by atoms with van der Waals surface area (Å²) >= 11 is 1.28. The van der Waals surface area contributed by atoms with Crippen LogP contribution in [0.25, 0.3) is 6.08 Å². The number of nitrogens with zero attached hydrogens (tertiary/aromatic N) is 4. The molecule has 276 valence electrons. The van der Waals surface area contributed by atoms with Crippen molar-refractivity contribution in [1.29, 1.82) is 5.26 Å². The largest absolute Gasteiger partial charge is 1.00 e. The van der Waals surface area contributed by atoms with E-state index >= 15 is 4.39 Å². The van der Waals surface area contributed by atoms with Gasteiger partial charge in [-0.05, 0) is 43.7 Å². The zero-order valence-electron chi connectivity index (χ0n) is 28.9. The molecule has 1 aromatic heterocycles. The molecule has 4 rings (SSSR count). The predicted octanol–water partition coefficient (Wildman–Crippen LogP) is -0.0667. The number of hydrogen-bond acceptors (Lipinski definition) is 13. The number of halogens is 3. The predicted molar refractivity (Wildman–Crippen MR) is 178 cm³/mol. The van der Waals surface area contributed by atoms with E-state index in [0.717, 1.165) is 12.1 Å². The van der Waals surface area contributed by atoms with Crippen LogP contribution in [0.5, 0.6) is 0 Å². The van der Waals surface area contributed by atoms with Crippen LogP contribution in [0.15, 0.2) is 67.3 Å². The van der Waals surface area contributed by atoms with Gasteiger partial charge >= 0.3 is 41.5 Å². The van der Waals surface area contributed by atoms with Gasteiger partial charge < -0.3 is 34.6 Å². The van der Waals surface area contributed by atoms with Gasteiger partial charge in [-0.1, -0.05) is 24.3 Å². The summed E-state index contributed by atoms with van der Waals surface area (Å²) in [5, 5.41) is 22.7. The fourth-order valence-electron chi connectivity index (χ4n) is 5.14.